The Labute approximate surface area is 81.7 Å². The zero-order valence-corrected chi connectivity index (χ0v) is 7.87. The van der Waals surface area contributed by atoms with Gasteiger partial charge in [0.2, 0.25) is 0 Å². The summed E-state index contributed by atoms with van der Waals surface area (Å²) in [6.07, 6.45) is 0. The molecule has 0 aliphatic carbocycles. The number of anilines is 1. The van der Waals surface area contributed by atoms with E-state index in [1.165, 1.54) is 10.9 Å². The second-order valence-corrected chi connectivity index (χ2v) is 3.58. The number of hydrogen-bond acceptors (Lipinski definition) is 3. The smallest absolute Gasteiger partial charge is 0.156 e. The van der Waals surface area contributed by atoms with Crippen molar-refractivity contribution in [2.75, 3.05) is 5.48 Å². The van der Waals surface area contributed by atoms with E-state index < -0.39 is 0 Å². The lowest BCUT2D eigenvalue weighted by Gasteiger charge is -2.01. The lowest BCUT2D eigenvalue weighted by Crippen LogP contribution is -1.90. The van der Waals surface area contributed by atoms with Crippen molar-refractivity contribution in [2.24, 2.45) is 0 Å². The van der Waals surface area contributed by atoms with Gasteiger partial charge < -0.3 is 0 Å². The van der Waals surface area contributed by atoms with Crippen molar-refractivity contribution < 1.29 is 4.84 Å². The molecule has 1 aromatic heterocycles. The summed E-state index contributed by atoms with van der Waals surface area (Å²) >= 11 is 0. The second kappa shape index (κ2) is 2.69. The van der Waals surface area contributed by atoms with Crippen molar-refractivity contribution in [1.29, 1.82) is 0 Å². The molecular weight excluding hydrogens is 176 g/mol. The second-order valence-electron chi connectivity index (χ2n) is 3.58. The van der Waals surface area contributed by atoms with Crippen molar-refractivity contribution in [3.05, 3.63) is 35.4 Å². The zero-order chi connectivity index (χ0) is 9.54. The van der Waals surface area contributed by atoms with Gasteiger partial charge >= 0.3 is 0 Å². The number of rotatable bonds is 0. The van der Waals surface area contributed by atoms with Crippen LogP contribution in [0.25, 0.3) is 10.9 Å². The maximum Gasteiger partial charge on any atom is 0.156 e. The molecule has 1 aliphatic rings. The van der Waals surface area contributed by atoms with Crippen molar-refractivity contribution in [3.63, 3.8) is 0 Å². The van der Waals surface area contributed by atoms with Crippen LogP contribution in [0.1, 0.15) is 11.1 Å². The highest BCUT2D eigenvalue weighted by Crippen LogP contribution is 2.25. The standard InChI is InChI=1S/C11H10N2O/c1-7-2-3-8-5-9-6-14-13-11(9)12-10(8)4-7/h2-5H,6H2,1H3,(H,12,13). The van der Waals surface area contributed by atoms with Crippen LogP contribution in [0.5, 0.6) is 0 Å². The Balaban J connectivity index is 2.33. The van der Waals surface area contributed by atoms with Gasteiger partial charge in [-0.3, -0.25) is 4.84 Å². The van der Waals surface area contributed by atoms with E-state index in [1.54, 1.807) is 0 Å². The molecule has 14 heavy (non-hydrogen) atoms. The molecule has 1 aliphatic heterocycles. The van der Waals surface area contributed by atoms with E-state index in [1.807, 2.05) is 0 Å². The number of fused-ring (bicyclic) bond motifs is 2. The summed E-state index contributed by atoms with van der Waals surface area (Å²) in [5, 5.41) is 1.17. The van der Waals surface area contributed by atoms with Crippen LogP contribution in [0.3, 0.4) is 0 Å². The van der Waals surface area contributed by atoms with Gasteiger partial charge in [-0.2, -0.15) is 0 Å². The van der Waals surface area contributed by atoms with Gasteiger partial charge in [0.25, 0.3) is 0 Å². The molecule has 0 fully saturated rings. The molecule has 3 heteroatoms. The molecular formula is C11H10N2O. The lowest BCUT2D eigenvalue weighted by molar-refractivity contribution is 0.202. The van der Waals surface area contributed by atoms with Crippen molar-refractivity contribution in [2.45, 2.75) is 13.5 Å². The highest BCUT2D eigenvalue weighted by atomic mass is 16.7. The molecule has 70 valence electrons. The summed E-state index contributed by atoms with van der Waals surface area (Å²) in [5.41, 5.74) is 6.17. The number of aromatic nitrogens is 1. The molecule has 0 atom stereocenters. The minimum atomic E-state index is 0.603. The predicted octanol–water partition coefficient (Wildman–Crippen LogP) is 2.40. The topological polar surface area (TPSA) is 34.2 Å². The minimum Gasteiger partial charge on any atom is -0.270 e. The maximum atomic E-state index is 5.10. The van der Waals surface area contributed by atoms with Gasteiger partial charge in [0.15, 0.2) is 5.82 Å². The number of nitrogens with zero attached hydrogens (tertiary/aromatic N) is 1. The SMILES string of the molecule is Cc1ccc2cc3c(nc2c1)NOC3. The van der Waals surface area contributed by atoms with Gasteiger partial charge in [-0.15, -0.1) is 0 Å². The minimum absolute atomic E-state index is 0.603. The average Bonchev–Trinajstić information content (AvgIpc) is 2.61. The molecule has 1 aromatic carbocycles. The fraction of sp³-hybridized carbons (Fsp3) is 0.182. The molecule has 0 unspecified atom stereocenters. The van der Waals surface area contributed by atoms with E-state index >= 15 is 0 Å². The molecule has 2 heterocycles. The van der Waals surface area contributed by atoms with Crippen LogP contribution in [0.2, 0.25) is 0 Å². The Morgan fingerprint density at radius 3 is 3.21 bits per heavy atom. The molecule has 0 amide bonds. The zero-order valence-electron chi connectivity index (χ0n) is 7.87. The summed E-state index contributed by atoms with van der Waals surface area (Å²) in [6.45, 7) is 2.67. The quantitative estimate of drug-likeness (QED) is 0.686. The molecule has 2 aromatic rings. The van der Waals surface area contributed by atoms with Gasteiger partial charge in [0.1, 0.15) is 6.61 Å². The normalized spacial score (nSPS) is 14.1. The van der Waals surface area contributed by atoms with Crippen LogP contribution in [-0.4, -0.2) is 4.98 Å². The van der Waals surface area contributed by atoms with Crippen LogP contribution in [0, 0.1) is 6.92 Å². The Morgan fingerprint density at radius 2 is 2.29 bits per heavy atom. The molecule has 0 saturated carbocycles. The van der Waals surface area contributed by atoms with E-state index in [9.17, 15) is 0 Å². The summed E-state index contributed by atoms with van der Waals surface area (Å²) in [6, 6.07) is 8.39. The first-order chi connectivity index (χ1) is 6.83. The maximum absolute atomic E-state index is 5.10. The average molecular weight is 186 g/mol. The van der Waals surface area contributed by atoms with Gasteiger partial charge in [0, 0.05) is 10.9 Å². The molecule has 3 rings (SSSR count). The van der Waals surface area contributed by atoms with Crippen LogP contribution < -0.4 is 5.48 Å². The molecule has 0 radical (unpaired) electrons. The van der Waals surface area contributed by atoms with Crippen LogP contribution in [-0.2, 0) is 11.4 Å². The molecule has 1 N–H and O–H groups in total. The summed E-state index contributed by atoms with van der Waals surface area (Å²) in [4.78, 5) is 9.58. The van der Waals surface area contributed by atoms with Crippen LogP contribution in [0.15, 0.2) is 24.3 Å². The van der Waals surface area contributed by atoms with Crippen molar-refractivity contribution in [3.8, 4) is 0 Å². The first kappa shape index (κ1) is 7.76. The molecule has 0 spiro atoms. The first-order valence-electron chi connectivity index (χ1n) is 4.61. The van der Waals surface area contributed by atoms with Crippen LogP contribution in [0.4, 0.5) is 5.82 Å². The van der Waals surface area contributed by atoms with E-state index in [0.717, 1.165) is 16.9 Å². The number of benzene rings is 1. The van der Waals surface area contributed by atoms with Gasteiger partial charge in [0.05, 0.1) is 5.52 Å². The van der Waals surface area contributed by atoms with Gasteiger partial charge in [-0.25, -0.2) is 10.5 Å². The third kappa shape index (κ3) is 1.06. The van der Waals surface area contributed by atoms with Gasteiger partial charge in [-0.1, -0.05) is 12.1 Å². The summed E-state index contributed by atoms with van der Waals surface area (Å²) < 4.78 is 0. The largest absolute Gasteiger partial charge is 0.270 e. The number of hydrogen-bond donors (Lipinski definition) is 1. The summed E-state index contributed by atoms with van der Waals surface area (Å²) in [7, 11) is 0. The molecule has 3 nitrogen and oxygen atoms in total. The number of pyridine rings is 1. The van der Waals surface area contributed by atoms with Gasteiger partial charge in [-0.05, 0) is 24.6 Å². The molecule has 0 saturated heterocycles. The fourth-order valence-corrected chi connectivity index (χ4v) is 1.70. The van der Waals surface area contributed by atoms with E-state index in [2.05, 4.69) is 41.7 Å². The summed E-state index contributed by atoms with van der Waals surface area (Å²) in [5.74, 6) is 0.850. The highest BCUT2D eigenvalue weighted by molar-refractivity contribution is 5.82. The van der Waals surface area contributed by atoms with Crippen LogP contribution >= 0.6 is 0 Å². The predicted molar refractivity (Wildman–Crippen MR) is 54.9 cm³/mol. The Morgan fingerprint density at radius 1 is 1.36 bits per heavy atom. The Hall–Kier alpha value is -1.61. The van der Waals surface area contributed by atoms with Crippen molar-refractivity contribution in [1.82, 2.24) is 4.98 Å². The monoisotopic (exact) mass is 186 g/mol. The third-order valence-electron chi connectivity index (χ3n) is 2.45. The fourth-order valence-electron chi connectivity index (χ4n) is 1.70. The van der Waals surface area contributed by atoms with E-state index in [4.69, 9.17) is 4.84 Å². The highest BCUT2D eigenvalue weighted by Gasteiger charge is 2.12. The number of nitrogens with one attached hydrogen (secondary N) is 1. The van der Waals surface area contributed by atoms with Crippen molar-refractivity contribution >= 4 is 16.7 Å². The third-order valence-corrected chi connectivity index (χ3v) is 2.45. The lowest BCUT2D eigenvalue weighted by atomic mass is 10.1. The number of aryl methyl sites for hydroxylation is 1. The van der Waals surface area contributed by atoms with E-state index in [-0.39, 0.29) is 0 Å². The Bertz CT molecular complexity index is 508. The first-order valence-corrected chi connectivity index (χ1v) is 4.61. The van der Waals surface area contributed by atoms with E-state index in [0.29, 0.717) is 6.61 Å². The Kier molecular flexibility index (Phi) is 1.49. The molecule has 0 bridgehead atoms.